The van der Waals surface area contributed by atoms with Gasteiger partial charge in [-0.25, -0.2) is 0 Å². The predicted octanol–water partition coefficient (Wildman–Crippen LogP) is 0.528. The van der Waals surface area contributed by atoms with Crippen LogP contribution in [0.1, 0.15) is 19.3 Å². The van der Waals surface area contributed by atoms with Crippen LogP contribution in [0.5, 0.6) is 0 Å². The van der Waals surface area contributed by atoms with E-state index in [0.717, 1.165) is 25.8 Å². The SMILES string of the molecule is Cl.NC[C@@H]1CC[C@H](O)C1. The predicted molar refractivity (Wildman–Crippen MR) is 39.7 cm³/mol. The lowest BCUT2D eigenvalue weighted by Crippen LogP contribution is -2.11. The number of halogens is 1. The molecule has 3 heteroatoms. The summed E-state index contributed by atoms with van der Waals surface area (Å²) in [6.07, 6.45) is 2.96. The zero-order valence-corrected chi connectivity index (χ0v) is 6.23. The van der Waals surface area contributed by atoms with Crippen LogP contribution in [0.15, 0.2) is 0 Å². The zero-order valence-electron chi connectivity index (χ0n) is 5.42. The van der Waals surface area contributed by atoms with Crippen molar-refractivity contribution in [1.29, 1.82) is 0 Å². The van der Waals surface area contributed by atoms with Gasteiger partial charge in [0, 0.05) is 0 Å². The molecule has 0 radical (unpaired) electrons. The number of aliphatic hydroxyl groups is 1. The first kappa shape index (κ1) is 9.21. The number of nitrogens with two attached hydrogens (primary N) is 1. The van der Waals surface area contributed by atoms with Gasteiger partial charge in [0.2, 0.25) is 0 Å². The maximum atomic E-state index is 8.98. The Kier molecular flexibility index (Phi) is 4.19. The van der Waals surface area contributed by atoms with Gasteiger partial charge >= 0.3 is 0 Å². The van der Waals surface area contributed by atoms with Crippen LogP contribution in [-0.2, 0) is 0 Å². The highest BCUT2D eigenvalue weighted by molar-refractivity contribution is 5.85. The number of rotatable bonds is 1. The second-order valence-electron chi connectivity index (χ2n) is 2.57. The fraction of sp³-hybridized carbons (Fsp3) is 1.00. The summed E-state index contributed by atoms with van der Waals surface area (Å²) in [5, 5.41) is 8.98. The van der Waals surface area contributed by atoms with Crippen LogP contribution < -0.4 is 5.73 Å². The van der Waals surface area contributed by atoms with Gasteiger partial charge in [-0.2, -0.15) is 0 Å². The fourth-order valence-corrected chi connectivity index (χ4v) is 1.26. The lowest BCUT2D eigenvalue weighted by Gasteiger charge is -2.01. The molecule has 56 valence electrons. The third kappa shape index (κ3) is 2.52. The second-order valence-corrected chi connectivity index (χ2v) is 2.57. The topological polar surface area (TPSA) is 46.2 Å². The Morgan fingerprint density at radius 2 is 2.11 bits per heavy atom. The molecule has 0 aromatic carbocycles. The summed E-state index contributed by atoms with van der Waals surface area (Å²) in [5.74, 6) is 0.602. The highest BCUT2D eigenvalue weighted by Crippen LogP contribution is 2.23. The van der Waals surface area contributed by atoms with E-state index in [-0.39, 0.29) is 18.5 Å². The van der Waals surface area contributed by atoms with Gasteiger partial charge in [0.25, 0.3) is 0 Å². The molecule has 0 amide bonds. The van der Waals surface area contributed by atoms with Crippen molar-refractivity contribution in [2.45, 2.75) is 25.4 Å². The summed E-state index contributed by atoms with van der Waals surface area (Å²) in [6.45, 7) is 0.747. The van der Waals surface area contributed by atoms with Crippen LogP contribution in [0, 0.1) is 5.92 Å². The largest absolute Gasteiger partial charge is 0.393 e. The molecule has 0 heterocycles. The lowest BCUT2D eigenvalue weighted by molar-refractivity contribution is 0.178. The molecule has 1 rings (SSSR count). The van der Waals surface area contributed by atoms with Gasteiger partial charge in [-0.3, -0.25) is 0 Å². The van der Waals surface area contributed by atoms with Crippen molar-refractivity contribution in [3.8, 4) is 0 Å². The summed E-state index contributed by atoms with van der Waals surface area (Å²) in [6, 6.07) is 0. The Labute approximate surface area is 61.8 Å². The summed E-state index contributed by atoms with van der Waals surface area (Å²) in [5.41, 5.74) is 5.38. The molecule has 2 atom stereocenters. The number of aliphatic hydroxyl groups excluding tert-OH is 1. The lowest BCUT2D eigenvalue weighted by atomic mass is 10.1. The van der Waals surface area contributed by atoms with Crippen molar-refractivity contribution in [2.75, 3.05) is 6.54 Å². The molecule has 1 aliphatic carbocycles. The van der Waals surface area contributed by atoms with Gasteiger partial charge in [-0.1, -0.05) is 0 Å². The minimum absolute atomic E-state index is 0. The third-order valence-electron chi connectivity index (χ3n) is 1.85. The van der Waals surface area contributed by atoms with Crippen molar-refractivity contribution in [1.82, 2.24) is 0 Å². The minimum atomic E-state index is -0.0523. The van der Waals surface area contributed by atoms with Crippen molar-refractivity contribution in [2.24, 2.45) is 11.7 Å². The average molecular weight is 152 g/mol. The molecule has 0 spiro atoms. The van der Waals surface area contributed by atoms with Crippen molar-refractivity contribution in [3.05, 3.63) is 0 Å². The Morgan fingerprint density at radius 1 is 1.44 bits per heavy atom. The summed E-state index contributed by atoms with van der Waals surface area (Å²) < 4.78 is 0. The Bertz CT molecular complexity index is 79.5. The molecule has 0 saturated heterocycles. The Morgan fingerprint density at radius 3 is 2.33 bits per heavy atom. The van der Waals surface area contributed by atoms with E-state index in [2.05, 4.69) is 0 Å². The molecule has 1 saturated carbocycles. The van der Waals surface area contributed by atoms with Gasteiger partial charge in [0.1, 0.15) is 0 Å². The van der Waals surface area contributed by atoms with E-state index in [1.54, 1.807) is 0 Å². The van der Waals surface area contributed by atoms with Gasteiger partial charge < -0.3 is 10.8 Å². The Hall–Kier alpha value is 0.210. The molecular formula is C6H14ClNO. The summed E-state index contributed by atoms with van der Waals surface area (Å²) >= 11 is 0. The first-order valence-corrected chi connectivity index (χ1v) is 3.21. The first-order valence-electron chi connectivity index (χ1n) is 3.21. The van der Waals surface area contributed by atoms with E-state index in [0.29, 0.717) is 5.92 Å². The van der Waals surface area contributed by atoms with Crippen molar-refractivity contribution >= 4 is 12.4 Å². The van der Waals surface area contributed by atoms with E-state index in [4.69, 9.17) is 10.8 Å². The highest BCUT2D eigenvalue weighted by Gasteiger charge is 2.20. The standard InChI is InChI=1S/C6H13NO.ClH/c7-4-5-1-2-6(8)3-5;/h5-6,8H,1-4,7H2;1H/t5-,6+;/m1./s1. The Balaban J connectivity index is 0.000000640. The van der Waals surface area contributed by atoms with Crippen LogP contribution in [0.4, 0.5) is 0 Å². The first-order chi connectivity index (χ1) is 3.83. The molecule has 0 aliphatic heterocycles. The third-order valence-corrected chi connectivity index (χ3v) is 1.85. The zero-order chi connectivity index (χ0) is 5.98. The van der Waals surface area contributed by atoms with Crippen molar-refractivity contribution in [3.63, 3.8) is 0 Å². The molecular weight excluding hydrogens is 138 g/mol. The second kappa shape index (κ2) is 4.09. The van der Waals surface area contributed by atoms with Gasteiger partial charge in [0.15, 0.2) is 0 Å². The number of hydrogen-bond donors (Lipinski definition) is 2. The maximum Gasteiger partial charge on any atom is 0.0543 e. The van der Waals surface area contributed by atoms with E-state index in [1.807, 2.05) is 0 Å². The average Bonchev–Trinajstić information content (AvgIpc) is 2.14. The molecule has 0 aromatic heterocycles. The van der Waals surface area contributed by atoms with Crippen LogP contribution in [0.2, 0.25) is 0 Å². The van der Waals surface area contributed by atoms with E-state index >= 15 is 0 Å². The monoisotopic (exact) mass is 151 g/mol. The van der Waals surface area contributed by atoms with E-state index in [9.17, 15) is 0 Å². The number of hydrogen-bond acceptors (Lipinski definition) is 2. The van der Waals surface area contributed by atoms with E-state index in [1.165, 1.54) is 0 Å². The molecule has 3 N–H and O–H groups in total. The summed E-state index contributed by atoms with van der Waals surface area (Å²) in [7, 11) is 0. The molecule has 1 fully saturated rings. The van der Waals surface area contributed by atoms with Crippen LogP contribution >= 0.6 is 12.4 Å². The quantitative estimate of drug-likeness (QED) is 0.575. The van der Waals surface area contributed by atoms with Gasteiger partial charge in [-0.05, 0) is 31.7 Å². The molecule has 1 aliphatic rings. The molecule has 0 unspecified atom stereocenters. The van der Waals surface area contributed by atoms with Crippen LogP contribution in [0.25, 0.3) is 0 Å². The van der Waals surface area contributed by atoms with Crippen LogP contribution in [-0.4, -0.2) is 17.8 Å². The molecule has 2 nitrogen and oxygen atoms in total. The van der Waals surface area contributed by atoms with E-state index < -0.39 is 0 Å². The summed E-state index contributed by atoms with van der Waals surface area (Å²) in [4.78, 5) is 0. The smallest absolute Gasteiger partial charge is 0.0543 e. The fourth-order valence-electron chi connectivity index (χ4n) is 1.26. The van der Waals surface area contributed by atoms with Gasteiger partial charge in [-0.15, -0.1) is 12.4 Å². The maximum absolute atomic E-state index is 8.98. The van der Waals surface area contributed by atoms with Crippen molar-refractivity contribution < 1.29 is 5.11 Å². The molecule has 0 aromatic rings. The molecule has 9 heavy (non-hydrogen) atoms. The molecule has 0 bridgehead atoms. The normalized spacial score (nSPS) is 34.0. The van der Waals surface area contributed by atoms with Gasteiger partial charge in [0.05, 0.1) is 6.10 Å². The minimum Gasteiger partial charge on any atom is -0.393 e. The highest BCUT2D eigenvalue weighted by atomic mass is 35.5. The van der Waals surface area contributed by atoms with Crippen LogP contribution in [0.3, 0.4) is 0 Å².